The van der Waals surface area contributed by atoms with Crippen molar-refractivity contribution in [2.75, 3.05) is 26.7 Å². The van der Waals surface area contributed by atoms with E-state index in [-0.39, 0.29) is 12.0 Å². The minimum Gasteiger partial charge on any atom is -0.395 e. The summed E-state index contributed by atoms with van der Waals surface area (Å²) < 4.78 is 0. The molecule has 4 heteroatoms. The van der Waals surface area contributed by atoms with Gasteiger partial charge in [-0.25, -0.2) is 4.98 Å². The van der Waals surface area contributed by atoms with Crippen LogP contribution in [0.3, 0.4) is 0 Å². The van der Waals surface area contributed by atoms with Crippen LogP contribution >= 0.6 is 11.3 Å². The number of likely N-dealkylation sites (tertiary alicyclic amines) is 1. The molecule has 2 aliphatic rings. The summed E-state index contributed by atoms with van der Waals surface area (Å²) in [5, 5.41) is 12.9. The Hall–Kier alpha value is -0.450. The molecule has 3 rings (SSSR count). The first kappa shape index (κ1) is 11.6. The number of hydrogen-bond acceptors (Lipinski definition) is 4. The highest BCUT2D eigenvalue weighted by atomic mass is 32.1. The third kappa shape index (κ3) is 2.14. The highest BCUT2D eigenvalue weighted by Crippen LogP contribution is 2.48. The summed E-state index contributed by atoms with van der Waals surface area (Å²) in [5.74, 6) is 0.613. The summed E-state index contributed by atoms with van der Waals surface area (Å²) in [6.07, 6.45) is 4.76. The van der Waals surface area contributed by atoms with Crippen LogP contribution in [0.15, 0.2) is 5.38 Å². The van der Waals surface area contributed by atoms with Gasteiger partial charge in [0.25, 0.3) is 0 Å². The largest absolute Gasteiger partial charge is 0.395 e. The first-order valence-corrected chi connectivity index (χ1v) is 7.37. The minimum atomic E-state index is 0.0370. The lowest BCUT2D eigenvalue weighted by Crippen LogP contribution is -2.30. The van der Waals surface area contributed by atoms with E-state index in [1.807, 2.05) is 0 Å². The smallest absolute Gasteiger partial charge is 0.0972 e. The quantitative estimate of drug-likeness (QED) is 0.893. The molecule has 94 valence electrons. The number of thiazole rings is 1. The maximum atomic E-state index is 9.43. The molecule has 0 bridgehead atoms. The van der Waals surface area contributed by atoms with E-state index in [0.29, 0.717) is 5.92 Å². The van der Waals surface area contributed by atoms with E-state index in [1.165, 1.54) is 24.4 Å². The normalized spacial score (nSPS) is 28.2. The molecule has 2 fully saturated rings. The molecule has 0 radical (unpaired) electrons. The van der Waals surface area contributed by atoms with Gasteiger partial charge in [-0.05, 0) is 39.3 Å². The summed E-state index contributed by atoms with van der Waals surface area (Å²) in [6, 6.07) is 0. The molecule has 1 unspecified atom stereocenters. The average Bonchev–Trinajstić information content (AvgIpc) is 2.99. The van der Waals surface area contributed by atoms with Gasteiger partial charge in [0.1, 0.15) is 0 Å². The molecular weight excluding hydrogens is 232 g/mol. The Balaban J connectivity index is 1.76. The first-order valence-electron chi connectivity index (χ1n) is 6.49. The van der Waals surface area contributed by atoms with Gasteiger partial charge in [0.05, 0.1) is 17.3 Å². The number of aromatic nitrogens is 1. The van der Waals surface area contributed by atoms with E-state index in [0.717, 1.165) is 25.1 Å². The first-order chi connectivity index (χ1) is 8.23. The van der Waals surface area contributed by atoms with Crippen LogP contribution in [-0.2, 0) is 5.41 Å². The van der Waals surface area contributed by atoms with Crippen molar-refractivity contribution in [2.24, 2.45) is 0 Å². The van der Waals surface area contributed by atoms with Gasteiger partial charge in [-0.2, -0.15) is 0 Å². The molecule has 0 aromatic carbocycles. The molecular formula is C13H20N2OS. The average molecular weight is 252 g/mol. The second-order valence-corrected chi connectivity index (χ2v) is 6.50. The van der Waals surface area contributed by atoms with E-state index < -0.39 is 0 Å². The monoisotopic (exact) mass is 252 g/mol. The zero-order valence-corrected chi connectivity index (χ0v) is 11.2. The van der Waals surface area contributed by atoms with Crippen LogP contribution in [0.4, 0.5) is 0 Å². The Morgan fingerprint density at radius 3 is 3.06 bits per heavy atom. The number of likely N-dealkylation sites (N-methyl/N-ethyl adjacent to an activating group) is 1. The summed E-state index contributed by atoms with van der Waals surface area (Å²) in [6.45, 7) is 2.62. The van der Waals surface area contributed by atoms with Gasteiger partial charge < -0.3 is 10.0 Å². The topological polar surface area (TPSA) is 36.4 Å². The number of aliphatic hydroxyl groups is 1. The van der Waals surface area contributed by atoms with Crippen LogP contribution in [0.1, 0.15) is 42.3 Å². The molecule has 0 amide bonds. The summed E-state index contributed by atoms with van der Waals surface area (Å²) >= 11 is 1.79. The molecule has 1 saturated carbocycles. The highest BCUT2D eigenvalue weighted by Gasteiger charge is 2.45. The molecule has 1 saturated heterocycles. The van der Waals surface area contributed by atoms with E-state index >= 15 is 0 Å². The predicted octanol–water partition coefficient (Wildman–Crippen LogP) is 1.98. The number of rotatable bonds is 3. The Morgan fingerprint density at radius 1 is 1.59 bits per heavy atom. The Morgan fingerprint density at radius 2 is 2.41 bits per heavy atom. The molecule has 1 aromatic rings. The third-order valence-electron chi connectivity index (χ3n) is 4.20. The van der Waals surface area contributed by atoms with Crippen LogP contribution in [-0.4, -0.2) is 41.7 Å². The molecule has 3 nitrogen and oxygen atoms in total. The van der Waals surface area contributed by atoms with Gasteiger partial charge in [0.15, 0.2) is 0 Å². The van der Waals surface area contributed by atoms with E-state index in [1.54, 1.807) is 11.3 Å². The number of nitrogens with zero attached hydrogens (tertiary/aromatic N) is 2. The zero-order chi connectivity index (χ0) is 11.9. The molecule has 1 aliphatic heterocycles. The number of hydrogen-bond donors (Lipinski definition) is 1. The maximum Gasteiger partial charge on any atom is 0.0972 e. The Bertz CT molecular complexity index is 400. The molecule has 1 N–H and O–H groups in total. The number of piperidine rings is 1. The fourth-order valence-corrected chi connectivity index (χ4v) is 3.80. The summed E-state index contributed by atoms with van der Waals surface area (Å²) in [4.78, 5) is 7.20. The van der Waals surface area contributed by atoms with Crippen molar-refractivity contribution in [3.63, 3.8) is 0 Å². The molecule has 1 aromatic heterocycles. The van der Waals surface area contributed by atoms with Crippen molar-refractivity contribution in [3.05, 3.63) is 16.1 Å². The van der Waals surface area contributed by atoms with Crippen molar-refractivity contribution in [1.82, 2.24) is 9.88 Å². The van der Waals surface area contributed by atoms with Gasteiger partial charge in [0, 0.05) is 23.3 Å². The van der Waals surface area contributed by atoms with Crippen LogP contribution < -0.4 is 0 Å². The zero-order valence-electron chi connectivity index (χ0n) is 10.4. The van der Waals surface area contributed by atoms with Gasteiger partial charge in [-0.15, -0.1) is 11.3 Å². The minimum absolute atomic E-state index is 0.0370. The van der Waals surface area contributed by atoms with Crippen LogP contribution in [0.5, 0.6) is 0 Å². The van der Waals surface area contributed by atoms with Crippen LogP contribution in [0, 0.1) is 0 Å². The summed E-state index contributed by atoms with van der Waals surface area (Å²) in [7, 11) is 2.19. The summed E-state index contributed by atoms with van der Waals surface area (Å²) in [5.41, 5.74) is 1.18. The lowest BCUT2D eigenvalue weighted by atomic mass is 9.99. The van der Waals surface area contributed by atoms with Crippen molar-refractivity contribution in [2.45, 2.75) is 37.0 Å². The lowest BCUT2D eigenvalue weighted by molar-refractivity contribution is 0.247. The van der Waals surface area contributed by atoms with Gasteiger partial charge in [-0.3, -0.25) is 0 Å². The number of aliphatic hydroxyl groups excluding tert-OH is 1. The third-order valence-corrected chi connectivity index (χ3v) is 5.20. The highest BCUT2D eigenvalue weighted by molar-refractivity contribution is 7.09. The van der Waals surface area contributed by atoms with Gasteiger partial charge in [0.2, 0.25) is 0 Å². The second kappa shape index (κ2) is 4.34. The van der Waals surface area contributed by atoms with E-state index in [9.17, 15) is 5.11 Å². The lowest BCUT2D eigenvalue weighted by Gasteiger charge is -2.28. The van der Waals surface area contributed by atoms with Crippen molar-refractivity contribution in [3.8, 4) is 0 Å². The SMILES string of the molecule is CN1CCCC(c2nc(C3(CO)CC3)cs2)C1. The molecule has 1 aliphatic carbocycles. The molecule has 17 heavy (non-hydrogen) atoms. The Kier molecular flexibility index (Phi) is 2.97. The Labute approximate surface area is 106 Å². The fourth-order valence-electron chi connectivity index (χ4n) is 2.73. The van der Waals surface area contributed by atoms with E-state index in [4.69, 9.17) is 4.98 Å². The van der Waals surface area contributed by atoms with Gasteiger partial charge >= 0.3 is 0 Å². The fraction of sp³-hybridized carbons (Fsp3) is 0.769. The van der Waals surface area contributed by atoms with Crippen molar-refractivity contribution < 1.29 is 5.11 Å². The maximum absolute atomic E-state index is 9.43. The predicted molar refractivity (Wildman–Crippen MR) is 69.6 cm³/mol. The van der Waals surface area contributed by atoms with Gasteiger partial charge in [-0.1, -0.05) is 0 Å². The standard InChI is InChI=1S/C13H20N2OS/c1-15-6-2-3-10(7-15)12-14-11(8-17-12)13(9-16)4-5-13/h8,10,16H,2-7,9H2,1H3. The van der Waals surface area contributed by atoms with Crippen molar-refractivity contribution >= 4 is 11.3 Å². The van der Waals surface area contributed by atoms with Crippen molar-refractivity contribution in [1.29, 1.82) is 0 Å². The van der Waals surface area contributed by atoms with Crippen LogP contribution in [0.2, 0.25) is 0 Å². The second-order valence-electron chi connectivity index (χ2n) is 5.61. The molecule has 2 heterocycles. The van der Waals surface area contributed by atoms with E-state index in [2.05, 4.69) is 17.3 Å². The molecule has 1 atom stereocenters. The van der Waals surface area contributed by atoms with Crippen LogP contribution in [0.25, 0.3) is 0 Å². The molecule has 0 spiro atoms.